The molecule has 3 heteroatoms. The molecule has 1 aromatic rings. The van der Waals surface area contributed by atoms with E-state index in [2.05, 4.69) is 16.2 Å². The first-order valence-corrected chi connectivity index (χ1v) is 4.47. The summed E-state index contributed by atoms with van der Waals surface area (Å²) in [4.78, 5) is 3.96. The van der Waals surface area contributed by atoms with Crippen molar-refractivity contribution < 1.29 is 4.39 Å². The Hall–Kier alpha value is -1.40. The number of hydrogen-bond donors (Lipinski definition) is 1. The van der Waals surface area contributed by atoms with Crippen LogP contribution in [-0.2, 0) is 0 Å². The van der Waals surface area contributed by atoms with Crippen LogP contribution in [0.15, 0.2) is 18.3 Å². The fourth-order valence-electron chi connectivity index (χ4n) is 1.15. The molecule has 2 unspecified atom stereocenters. The van der Waals surface area contributed by atoms with E-state index in [1.54, 1.807) is 6.07 Å². The molecule has 0 aliphatic carbocycles. The van der Waals surface area contributed by atoms with Crippen LogP contribution in [0.4, 0.5) is 4.39 Å². The predicted molar refractivity (Wildman–Crippen MR) is 54.0 cm³/mol. The first-order valence-electron chi connectivity index (χ1n) is 4.47. The highest BCUT2D eigenvalue weighted by atomic mass is 19.1. The Kier molecular flexibility index (Phi) is 3.61. The lowest BCUT2D eigenvalue weighted by Gasteiger charge is -2.15. The molecule has 0 aliphatic rings. The molecule has 0 amide bonds. The zero-order valence-electron chi connectivity index (χ0n) is 8.29. The van der Waals surface area contributed by atoms with Gasteiger partial charge < -0.3 is 0 Å². The normalized spacial score (nSPS) is 14.4. The Bertz CT molecular complexity index is 326. The molecule has 0 saturated heterocycles. The van der Waals surface area contributed by atoms with Gasteiger partial charge in [0.25, 0.3) is 0 Å². The lowest BCUT2D eigenvalue weighted by Crippen LogP contribution is -2.27. The SMILES string of the molecule is C#CC(C)NC(C)c1ccc(F)cn1. The van der Waals surface area contributed by atoms with Crippen LogP contribution in [0.3, 0.4) is 0 Å². The number of pyridine rings is 1. The van der Waals surface area contributed by atoms with E-state index in [-0.39, 0.29) is 17.9 Å². The number of nitrogens with one attached hydrogen (secondary N) is 1. The Labute approximate surface area is 83.6 Å². The number of hydrogen-bond acceptors (Lipinski definition) is 2. The lowest BCUT2D eigenvalue weighted by molar-refractivity contribution is 0.531. The van der Waals surface area contributed by atoms with Crippen LogP contribution in [0.5, 0.6) is 0 Å². The van der Waals surface area contributed by atoms with Crippen LogP contribution in [0.25, 0.3) is 0 Å². The van der Waals surface area contributed by atoms with E-state index in [9.17, 15) is 4.39 Å². The van der Waals surface area contributed by atoms with E-state index in [0.717, 1.165) is 5.69 Å². The summed E-state index contributed by atoms with van der Waals surface area (Å²) in [6.07, 6.45) is 6.43. The summed E-state index contributed by atoms with van der Waals surface area (Å²) in [5, 5.41) is 3.14. The molecule has 0 fully saturated rings. The molecule has 0 saturated carbocycles. The third-order valence-electron chi connectivity index (χ3n) is 1.94. The van der Waals surface area contributed by atoms with Crippen LogP contribution >= 0.6 is 0 Å². The van der Waals surface area contributed by atoms with Crippen molar-refractivity contribution in [3.63, 3.8) is 0 Å². The van der Waals surface area contributed by atoms with Gasteiger partial charge in [-0.3, -0.25) is 10.3 Å². The minimum atomic E-state index is -0.328. The van der Waals surface area contributed by atoms with Crippen molar-refractivity contribution in [2.45, 2.75) is 25.9 Å². The fraction of sp³-hybridized carbons (Fsp3) is 0.364. The minimum Gasteiger partial charge on any atom is -0.296 e. The first kappa shape index (κ1) is 10.7. The van der Waals surface area contributed by atoms with Gasteiger partial charge in [-0.2, -0.15) is 0 Å². The molecule has 0 aromatic carbocycles. The second kappa shape index (κ2) is 4.73. The topological polar surface area (TPSA) is 24.9 Å². The summed E-state index contributed by atoms with van der Waals surface area (Å²) in [5.41, 5.74) is 0.786. The average Bonchev–Trinajstić information content (AvgIpc) is 2.18. The summed E-state index contributed by atoms with van der Waals surface area (Å²) >= 11 is 0. The molecule has 0 aliphatic heterocycles. The Morgan fingerprint density at radius 3 is 2.71 bits per heavy atom. The summed E-state index contributed by atoms with van der Waals surface area (Å²) in [7, 11) is 0. The van der Waals surface area contributed by atoms with Crippen molar-refractivity contribution in [1.29, 1.82) is 0 Å². The van der Waals surface area contributed by atoms with E-state index in [1.165, 1.54) is 12.3 Å². The summed E-state index contributed by atoms with van der Waals surface area (Å²) in [6, 6.07) is 3.05. The molecule has 2 nitrogen and oxygen atoms in total. The van der Waals surface area contributed by atoms with Gasteiger partial charge in [-0.05, 0) is 26.0 Å². The second-order valence-electron chi connectivity index (χ2n) is 3.18. The Morgan fingerprint density at radius 2 is 2.21 bits per heavy atom. The number of rotatable bonds is 3. The maximum Gasteiger partial charge on any atom is 0.141 e. The highest BCUT2D eigenvalue weighted by Crippen LogP contribution is 2.09. The van der Waals surface area contributed by atoms with Crippen molar-refractivity contribution in [3.8, 4) is 12.3 Å². The van der Waals surface area contributed by atoms with Gasteiger partial charge in [-0.25, -0.2) is 4.39 Å². The number of terminal acetylenes is 1. The molecular weight excluding hydrogens is 179 g/mol. The molecule has 1 N–H and O–H groups in total. The van der Waals surface area contributed by atoms with Gasteiger partial charge in [0.2, 0.25) is 0 Å². The number of aromatic nitrogens is 1. The molecule has 0 bridgehead atoms. The van der Waals surface area contributed by atoms with E-state index in [4.69, 9.17) is 6.42 Å². The van der Waals surface area contributed by atoms with Gasteiger partial charge in [-0.1, -0.05) is 5.92 Å². The van der Waals surface area contributed by atoms with Gasteiger partial charge in [-0.15, -0.1) is 6.42 Å². The standard InChI is InChI=1S/C11H13FN2/c1-4-8(2)14-9(3)11-6-5-10(12)7-13-11/h1,5-9,14H,2-3H3. The van der Waals surface area contributed by atoms with Gasteiger partial charge in [0, 0.05) is 6.04 Å². The fourth-order valence-corrected chi connectivity index (χ4v) is 1.15. The van der Waals surface area contributed by atoms with Crippen molar-refractivity contribution >= 4 is 0 Å². The second-order valence-corrected chi connectivity index (χ2v) is 3.18. The summed E-state index contributed by atoms with van der Waals surface area (Å²) in [5.74, 6) is 2.24. The van der Waals surface area contributed by atoms with E-state index < -0.39 is 0 Å². The van der Waals surface area contributed by atoms with Crippen LogP contribution in [0.1, 0.15) is 25.6 Å². The van der Waals surface area contributed by atoms with E-state index in [0.29, 0.717) is 0 Å². The Balaban J connectivity index is 2.66. The average molecular weight is 192 g/mol. The Morgan fingerprint density at radius 1 is 1.50 bits per heavy atom. The number of halogens is 1. The van der Waals surface area contributed by atoms with Crippen LogP contribution < -0.4 is 5.32 Å². The lowest BCUT2D eigenvalue weighted by atomic mass is 10.2. The quantitative estimate of drug-likeness (QED) is 0.740. The molecule has 0 spiro atoms. The molecule has 0 radical (unpaired) electrons. The minimum absolute atomic E-state index is 0.0168. The zero-order valence-corrected chi connectivity index (χ0v) is 8.29. The molecule has 14 heavy (non-hydrogen) atoms. The van der Waals surface area contributed by atoms with Crippen molar-refractivity contribution in [2.75, 3.05) is 0 Å². The molecular formula is C11H13FN2. The third-order valence-corrected chi connectivity index (χ3v) is 1.94. The summed E-state index contributed by atoms with van der Waals surface area (Å²) in [6.45, 7) is 3.83. The van der Waals surface area contributed by atoms with Crippen molar-refractivity contribution in [1.82, 2.24) is 10.3 Å². The van der Waals surface area contributed by atoms with Gasteiger partial charge in [0.1, 0.15) is 5.82 Å². The highest BCUT2D eigenvalue weighted by Gasteiger charge is 2.08. The monoisotopic (exact) mass is 192 g/mol. The molecule has 74 valence electrons. The zero-order chi connectivity index (χ0) is 10.6. The summed E-state index contributed by atoms with van der Waals surface area (Å²) < 4.78 is 12.6. The van der Waals surface area contributed by atoms with Crippen molar-refractivity contribution in [3.05, 3.63) is 29.8 Å². The predicted octanol–water partition coefficient (Wildman–Crippen LogP) is 1.89. The molecule has 1 aromatic heterocycles. The highest BCUT2D eigenvalue weighted by molar-refractivity contribution is 5.10. The largest absolute Gasteiger partial charge is 0.296 e. The van der Waals surface area contributed by atoms with Gasteiger partial charge in [0.05, 0.1) is 17.9 Å². The van der Waals surface area contributed by atoms with Crippen LogP contribution in [0, 0.1) is 18.2 Å². The third kappa shape index (κ3) is 2.82. The van der Waals surface area contributed by atoms with Gasteiger partial charge in [0.15, 0.2) is 0 Å². The maximum absolute atomic E-state index is 12.6. The first-order chi connectivity index (χ1) is 6.63. The van der Waals surface area contributed by atoms with Crippen LogP contribution in [0.2, 0.25) is 0 Å². The molecule has 1 heterocycles. The van der Waals surface area contributed by atoms with Crippen LogP contribution in [-0.4, -0.2) is 11.0 Å². The molecule has 2 atom stereocenters. The molecule has 1 rings (SSSR count). The maximum atomic E-state index is 12.6. The van der Waals surface area contributed by atoms with Gasteiger partial charge >= 0.3 is 0 Å². The number of nitrogens with zero attached hydrogens (tertiary/aromatic N) is 1. The van der Waals surface area contributed by atoms with E-state index in [1.807, 2.05) is 13.8 Å². The van der Waals surface area contributed by atoms with Crippen molar-refractivity contribution in [2.24, 2.45) is 0 Å². The van der Waals surface area contributed by atoms with E-state index >= 15 is 0 Å². The smallest absolute Gasteiger partial charge is 0.141 e.